The lowest BCUT2D eigenvalue weighted by atomic mass is 10.1. The minimum Gasteiger partial charge on any atom is -0.478 e. The van der Waals surface area contributed by atoms with Crippen molar-refractivity contribution in [1.29, 1.82) is 0 Å². The highest BCUT2D eigenvalue weighted by atomic mass is 35.5. The van der Waals surface area contributed by atoms with Crippen LogP contribution >= 0.6 is 11.6 Å². The van der Waals surface area contributed by atoms with Crippen LogP contribution in [0.3, 0.4) is 0 Å². The molecule has 0 unspecified atom stereocenters. The van der Waals surface area contributed by atoms with Crippen LogP contribution in [0.25, 0.3) is 0 Å². The van der Waals surface area contributed by atoms with Gasteiger partial charge in [0, 0.05) is 17.6 Å². The average Bonchev–Trinajstić information content (AvgIpc) is 2.45. The van der Waals surface area contributed by atoms with E-state index in [0.717, 1.165) is 0 Å². The van der Waals surface area contributed by atoms with E-state index in [-0.39, 0.29) is 23.5 Å². The molecule has 2 aromatic rings. The molecule has 108 valence electrons. The van der Waals surface area contributed by atoms with Gasteiger partial charge >= 0.3 is 5.97 Å². The number of nitro benzene ring substituents is 1. The number of nitrogens with zero attached hydrogens (tertiary/aromatic N) is 1. The first kappa shape index (κ1) is 14.8. The predicted octanol–water partition coefficient (Wildman–Crippen LogP) is 3.56. The molecule has 0 aliphatic heterocycles. The summed E-state index contributed by atoms with van der Waals surface area (Å²) in [5, 5.41) is 23.1. The number of nitrogens with one attached hydrogen (secondary N) is 1. The molecule has 0 aromatic heterocycles. The third kappa shape index (κ3) is 3.70. The Hall–Kier alpha value is -2.60. The van der Waals surface area contributed by atoms with Gasteiger partial charge in [-0.25, -0.2) is 4.79 Å². The summed E-state index contributed by atoms with van der Waals surface area (Å²) in [5.41, 5.74) is 1.06. The fraction of sp³-hybridized carbons (Fsp3) is 0.0714. The number of nitro groups is 1. The number of hydrogen-bond donors (Lipinski definition) is 2. The van der Waals surface area contributed by atoms with Gasteiger partial charge in [0.05, 0.1) is 10.5 Å². The van der Waals surface area contributed by atoms with E-state index in [4.69, 9.17) is 16.7 Å². The molecular formula is C14H11ClN2O4. The van der Waals surface area contributed by atoms with Gasteiger partial charge in [0.25, 0.3) is 5.69 Å². The van der Waals surface area contributed by atoms with Crippen molar-refractivity contribution in [3.8, 4) is 0 Å². The van der Waals surface area contributed by atoms with Crippen molar-refractivity contribution < 1.29 is 14.8 Å². The lowest BCUT2D eigenvalue weighted by Gasteiger charge is -2.08. The molecule has 2 N–H and O–H groups in total. The van der Waals surface area contributed by atoms with E-state index in [1.165, 1.54) is 30.3 Å². The van der Waals surface area contributed by atoms with Crippen LogP contribution in [0, 0.1) is 10.1 Å². The number of hydrogen-bond acceptors (Lipinski definition) is 4. The smallest absolute Gasteiger partial charge is 0.335 e. The van der Waals surface area contributed by atoms with Gasteiger partial charge in [-0.15, -0.1) is 0 Å². The quantitative estimate of drug-likeness (QED) is 0.651. The van der Waals surface area contributed by atoms with Crippen molar-refractivity contribution in [2.75, 3.05) is 5.32 Å². The molecule has 0 spiro atoms. The number of rotatable bonds is 5. The molecule has 21 heavy (non-hydrogen) atoms. The van der Waals surface area contributed by atoms with Crippen molar-refractivity contribution in [2.24, 2.45) is 0 Å². The molecule has 7 heteroatoms. The molecule has 0 heterocycles. The predicted molar refractivity (Wildman–Crippen MR) is 78.8 cm³/mol. The third-order valence-electron chi connectivity index (χ3n) is 2.81. The first-order valence-electron chi connectivity index (χ1n) is 5.97. The highest BCUT2D eigenvalue weighted by molar-refractivity contribution is 6.31. The summed E-state index contributed by atoms with van der Waals surface area (Å²) in [4.78, 5) is 21.3. The van der Waals surface area contributed by atoms with Crippen molar-refractivity contribution in [3.05, 3.63) is 68.7 Å². The van der Waals surface area contributed by atoms with Crippen molar-refractivity contribution in [1.82, 2.24) is 0 Å². The van der Waals surface area contributed by atoms with Crippen molar-refractivity contribution in [3.63, 3.8) is 0 Å². The normalized spacial score (nSPS) is 10.1. The minimum absolute atomic E-state index is 0.0891. The highest BCUT2D eigenvalue weighted by Gasteiger charge is 2.13. The van der Waals surface area contributed by atoms with E-state index in [9.17, 15) is 14.9 Å². The molecule has 6 nitrogen and oxygen atoms in total. The molecular weight excluding hydrogens is 296 g/mol. The SMILES string of the molecule is O=C(O)c1cccc(CNc2cc(Cl)ccc2[N+](=O)[O-])c1. The van der Waals surface area contributed by atoms with Gasteiger partial charge in [-0.2, -0.15) is 0 Å². The van der Waals surface area contributed by atoms with Crippen LogP contribution in [-0.4, -0.2) is 16.0 Å². The summed E-state index contributed by atoms with van der Waals surface area (Å²) >= 11 is 5.83. The van der Waals surface area contributed by atoms with E-state index in [2.05, 4.69) is 5.32 Å². The van der Waals surface area contributed by atoms with Crippen molar-refractivity contribution >= 4 is 28.9 Å². The maximum absolute atomic E-state index is 10.9. The average molecular weight is 307 g/mol. The summed E-state index contributed by atoms with van der Waals surface area (Å²) in [6.07, 6.45) is 0. The Bertz CT molecular complexity index is 703. The summed E-state index contributed by atoms with van der Waals surface area (Å²) in [6, 6.07) is 10.6. The van der Waals surface area contributed by atoms with Crippen molar-refractivity contribution in [2.45, 2.75) is 6.54 Å². The Kier molecular flexibility index (Phi) is 4.39. The molecule has 0 bridgehead atoms. The number of anilines is 1. The molecule has 0 aliphatic rings. The molecule has 0 radical (unpaired) electrons. The van der Waals surface area contributed by atoms with E-state index in [1.807, 2.05) is 0 Å². The number of halogens is 1. The molecule has 0 aliphatic carbocycles. The standard InChI is InChI=1S/C14H11ClN2O4/c15-11-4-5-13(17(20)21)12(7-11)16-8-9-2-1-3-10(6-9)14(18)19/h1-7,16H,8H2,(H,18,19). The number of aromatic carboxylic acids is 1. The van der Waals surface area contributed by atoms with Crippen LogP contribution < -0.4 is 5.32 Å². The fourth-order valence-corrected chi connectivity index (χ4v) is 1.99. The molecule has 0 amide bonds. The second-order valence-electron chi connectivity index (χ2n) is 4.28. The Morgan fingerprint density at radius 2 is 2.05 bits per heavy atom. The topological polar surface area (TPSA) is 92.5 Å². The minimum atomic E-state index is -1.02. The Morgan fingerprint density at radius 1 is 1.29 bits per heavy atom. The zero-order valence-corrected chi connectivity index (χ0v) is 11.5. The maximum Gasteiger partial charge on any atom is 0.335 e. The largest absolute Gasteiger partial charge is 0.478 e. The Labute approximate surface area is 125 Å². The first-order chi connectivity index (χ1) is 9.97. The Morgan fingerprint density at radius 3 is 2.71 bits per heavy atom. The summed E-state index contributed by atoms with van der Waals surface area (Å²) in [5.74, 6) is -1.02. The highest BCUT2D eigenvalue weighted by Crippen LogP contribution is 2.28. The van der Waals surface area contributed by atoms with Crippen LogP contribution in [-0.2, 0) is 6.54 Å². The van der Waals surface area contributed by atoms with Gasteiger partial charge in [0.1, 0.15) is 5.69 Å². The maximum atomic E-state index is 10.9. The monoisotopic (exact) mass is 306 g/mol. The van der Waals surface area contributed by atoms with Gasteiger partial charge in [-0.3, -0.25) is 10.1 Å². The van der Waals surface area contributed by atoms with E-state index in [0.29, 0.717) is 10.6 Å². The van der Waals surface area contributed by atoms with Crippen LogP contribution in [0.1, 0.15) is 15.9 Å². The van der Waals surface area contributed by atoms with E-state index in [1.54, 1.807) is 12.1 Å². The zero-order valence-electron chi connectivity index (χ0n) is 10.7. The number of carbonyl (C=O) groups is 1. The summed E-state index contributed by atoms with van der Waals surface area (Å²) < 4.78 is 0. The summed E-state index contributed by atoms with van der Waals surface area (Å²) in [6.45, 7) is 0.252. The molecule has 0 saturated heterocycles. The fourth-order valence-electron chi connectivity index (χ4n) is 1.82. The van der Waals surface area contributed by atoms with Gasteiger partial charge in [-0.1, -0.05) is 23.7 Å². The molecule has 0 saturated carbocycles. The third-order valence-corrected chi connectivity index (χ3v) is 3.05. The number of benzene rings is 2. The van der Waals surface area contributed by atoms with E-state index < -0.39 is 10.9 Å². The molecule has 2 rings (SSSR count). The van der Waals surface area contributed by atoms with Gasteiger partial charge in [-0.05, 0) is 29.8 Å². The van der Waals surface area contributed by atoms with Gasteiger partial charge < -0.3 is 10.4 Å². The zero-order chi connectivity index (χ0) is 15.4. The second kappa shape index (κ2) is 6.23. The van der Waals surface area contributed by atoms with Crippen LogP contribution in [0.4, 0.5) is 11.4 Å². The number of carboxylic acid groups (broad SMARTS) is 1. The first-order valence-corrected chi connectivity index (χ1v) is 6.35. The lowest BCUT2D eigenvalue weighted by Crippen LogP contribution is -2.04. The van der Waals surface area contributed by atoms with Crippen LogP contribution in [0.5, 0.6) is 0 Å². The Balaban J connectivity index is 2.20. The molecule has 0 fully saturated rings. The van der Waals surface area contributed by atoms with Crippen LogP contribution in [0.2, 0.25) is 5.02 Å². The van der Waals surface area contributed by atoms with E-state index >= 15 is 0 Å². The van der Waals surface area contributed by atoms with Crippen LogP contribution in [0.15, 0.2) is 42.5 Å². The molecule has 2 aromatic carbocycles. The lowest BCUT2D eigenvalue weighted by molar-refractivity contribution is -0.384. The number of carboxylic acids is 1. The van der Waals surface area contributed by atoms with Gasteiger partial charge in [0.15, 0.2) is 0 Å². The summed E-state index contributed by atoms with van der Waals surface area (Å²) in [7, 11) is 0. The second-order valence-corrected chi connectivity index (χ2v) is 4.71. The molecule has 0 atom stereocenters. The van der Waals surface area contributed by atoms with Gasteiger partial charge in [0.2, 0.25) is 0 Å².